The van der Waals surface area contributed by atoms with Gasteiger partial charge in [0, 0.05) is 22.5 Å². The zero-order valence-corrected chi connectivity index (χ0v) is 12.1. The Balaban J connectivity index is 2.58. The van der Waals surface area contributed by atoms with E-state index in [4.69, 9.17) is 16.7 Å². The Morgan fingerprint density at radius 2 is 2.17 bits per heavy atom. The van der Waals surface area contributed by atoms with Crippen molar-refractivity contribution < 1.29 is 14.7 Å². The van der Waals surface area contributed by atoms with Crippen LogP contribution < -0.4 is 5.32 Å². The molecule has 0 saturated carbocycles. The molecule has 2 N–H and O–H groups in total. The molecule has 0 aliphatic heterocycles. The lowest BCUT2D eigenvalue weighted by Gasteiger charge is -2.11. The highest BCUT2D eigenvalue weighted by molar-refractivity contribution is 9.10. The molecule has 1 rings (SSSR count). The van der Waals surface area contributed by atoms with E-state index < -0.39 is 5.97 Å². The van der Waals surface area contributed by atoms with Gasteiger partial charge in [-0.25, -0.2) is 0 Å². The highest BCUT2D eigenvalue weighted by Crippen LogP contribution is 2.21. The monoisotopic (exact) mass is 333 g/mol. The zero-order valence-electron chi connectivity index (χ0n) is 9.74. The molecule has 1 unspecified atom stereocenters. The Bertz CT molecular complexity index is 465. The third kappa shape index (κ3) is 4.66. The minimum Gasteiger partial charge on any atom is -0.481 e. The maximum atomic E-state index is 11.8. The molecule has 0 saturated heterocycles. The molecular weight excluding hydrogens is 321 g/mol. The summed E-state index contributed by atoms with van der Waals surface area (Å²) < 4.78 is 0.610. The first-order chi connectivity index (χ1) is 8.40. The van der Waals surface area contributed by atoms with Crippen LogP contribution in [0.2, 0.25) is 5.02 Å². The van der Waals surface area contributed by atoms with E-state index in [0.717, 1.165) is 0 Å². The molecule has 0 aromatic heterocycles. The van der Waals surface area contributed by atoms with E-state index in [1.807, 2.05) is 0 Å². The number of halogens is 2. The quantitative estimate of drug-likeness (QED) is 0.870. The number of aliphatic carboxylic acids is 1. The Morgan fingerprint density at radius 3 is 2.72 bits per heavy atom. The van der Waals surface area contributed by atoms with Crippen molar-refractivity contribution in [1.29, 1.82) is 0 Å². The highest BCUT2D eigenvalue weighted by atomic mass is 79.9. The van der Waals surface area contributed by atoms with E-state index in [1.165, 1.54) is 0 Å². The van der Waals surface area contributed by atoms with E-state index in [2.05, 4.69) is 21.2 Å². The number of carbonyl (C=O) groups excluding carboxylic acids is 1. The third-order valence-electron chi connectivity index (χ3n) is 2.31. The Hall–Kier alpha value is -1.07. The van der Waals surface area contributed by atoms with Crippen LogP contribution in [-0.4, -0.2) is 23.5 Å². The molecule has 1 aromatic carbocycles. The Labute approximate surface area is 118 Å². The van der Waals surface area contributed by atoms with Gasteiger partial charge in [-0.3, -0.25) is 9.59 Å². The maximum absolute atomic E-state index is 11.8. The number of carbonyl (C=O) groups is 2. The van der Waals surface area contributed by atoms with E-state index in [0.29, 0.717) is 21.6 Å². The van der Waals surface area contributed by atoms with Gasteiger partial charge in [0.1, 0.15) is 0 Å². The van der Waals surface area contributed by atoms with Crippen molar-refractivity contribution in [2.24, 2.45) is 5.92 Å². The molecule has 0 radical (unpaired) electrons. The summed E-state index contributed by atoms with van der Waals surface area (Å²) in [5.41, 5.74) is 0.474. The number of carboxylic acids is 1. The third-order valence-corrected chi connectivity index (χ3v) is 3.20. The lowest BCUT2D eigenvalue weighted by Crippen LogP contribution is -2.29. The fraction of sp³-hybridized carbons (Fsp3) is 0.333. The van der Waals surface area contributed by atoms with E-state index >= 15 is 0 Å². The number of rotatable bonds is 5. The molecule has 1 aromatic rings. The van der Waals surface area contributed by atoms with Crippen LogP contribution in [0.15, 0.2) is 22.7 Å². The molecule has 18 heavy (non-hydrogen) atoms. The van der Waals surface area contributed by atoms with E-state index in [9.17, 15) is 9.59 Å². The predicted molar refractivity (Wildman–Crippen MR) is 72.9 cm³/mol. The fourth-order valence-electron chi connectivity index (χ4n) is 1.41. The zero-order chi connectivity index (χ0) is 13.7. The SMILES string of the molecule is CC(CNC(=O)c1ccc(Cl)cc1Br)CC(=O)O. The second-order valence-electron chi connectivity index (χ2n) is 4.04. The van der Waals surface area contributed by atoms with Crippen molar-refractivity contribution in [3.8, 4) is 0 Å². The maximum Gasteiger partial charge on any atom is 0.303 e. The summed E-state index contributed by atoms with van der Waals surface area (Å²) in [4.78, 5) is 22.3. The standard InChI is InChI=1S/C12H13BrClNO3/c1-7(4-11(16)17)6-15-12(18)9-3-2-8(14)5-10(9)13/h2-3,5,7H,4,6H2,1H3,(H,15,18)(H,16,17). The van der Waals surface area contributed by atoms with Crippen LogP contribution in [-0.2, 0) is 4.79 Å². The number of hydrogen-bond acceptors (Lipinski definition) is 2. The molecule has 0 fully saturated rings. The van der Waals surface area contributed by atoms with Crippen LogP contribution in [0.25, 0.3) is 0 Å². The van der Waals surface area contributed by atoms with Gasteiger partial charge in [0.2, 0.25) is 0 Å². The Morgan fingerprint density at radius 1 is 1.50 bits per heavy atom. The van der Waals surface area contributed by atoms with Gasteiger partial charge in [0.25, 0.3) is 5.91 Å². The lowest BCUT2D eigenvalue weighted by atomic mass is 10.1. The molecular formula is C12H13BrClNO3. The van der Waals surface area contributed by atoms with Gasteiger partial charge in [0.15, 0.2) is 0 Å². The first-order valence-corrected chi connectivity index (χ1v) is 6.52. The molecule has 0 heterocycles. The number of carboxylic acid groups (broad SMARTS) is 1. The molecule has 0 aliphatic carbocycles. The van der Waals surface area contributed by atoms with Crippen LogP contribution >= 0.6 is 27.5 Å². The molecule has 0 aliphatic rings. The summed E-state index contributed by atoms with van der Waals surface area (Å²) in [5.74, 6) is -1.24. The summed E-state index contributed by atoms with van der Waals surface area (Å²) in [6.07, 6.45) is 0.0298. The van der Waals surface area contributed by atoms with Crippen molar-refractivity contribution in [2.45, 2.75) is 13.3 Å². The van der Waals surface area contributed by atoms with Crippen LogP contribution in [0.1, 0.15) is 23.7 Å². The smallest absolute Gasteiger partial charge is 0.303 e. The number of nitrogens with one attached hydrogen (secondary N) is 1. The first-order valence-electron chi connectivity index (χ1n) is 5.35. The second-order valence-corrected chi connectivity index (χ2v) is 5.33. The van der Waals surface area contributed by atoms with Crippen molar-refractivity contribution in [3.63, 3.8) is 0 Å². The van der Waals surface area contributed by atoms with Gasteiger partial charge in [-0.05, 0) is 40.0 Å². The number of amides is 1. The summed E-state index contributed by atoms with van der Waals surface area (Å²) in [5, 5.41) is 11.8. The lowest BCUT2D eigenvalue weighted by molar-refractivity contribution is -0.137. The van der Waals surface area contributed by atoms with Crippen LogP contribution in [0.5, 0.6) is 0 Å². The van der Waals surface area contributed by atoms with Crippen molar-refractivity contribution in [1.82, 2.24) is 5.32 Å². The van der Waals surface area contributed by atoms with Crippen LogP contribution in [0, 0.1) is 5.92 Å². The van der Waals surface area contributed by atoms with Gasteiger partial charge >= 0.3 is 5.97 Å². The predicted octanol–water partition coefficient (Wildman–Crippen LogP) is 2.94. The molecule has 0 bridgehead atoms. The summed E-state index contributed by atoms with van der Waals surface area (Å²) in [6.45, 7) is 2.09. The normalized spacial score (nSPS) is 11.9. The van der Waals surface area contributed by atoms with E-state index in [-0.39, 0.29) is 18.2 Å². The van der Waals surface area contributed by atoms with Crippen molar-refractivity contribution in [2.75, 3.05) is 6.54 Å². The van der Waals surface area contributed by atoms with Gasteiger partial charge in [0.05, 0.1) is 5.56 Å². The highest BCUT2D eigenvalue weighted by Gasteiger charge is 2.13. The van der Waals surface area contributed by atoms with Crippen molar-refractivity contribution in [3.05, 3.63) is 33.3 Å². The van der Waals surface area contributed by atoms with Crippen molar-refractivity contribution >= 4 is 39.4 Å². The minimum atomic E-state index is -0.871. The van der Waals surface area contributed by atoms with E-state index in [1.54, 1.807) is 25.1 Å². The molecule has 1 amide bonds. The fourth-order valence-corrected chi connectivity index (χ4v) is 2.27. The largest absolute Gasteiger partial charge is 0.481 e. The van der Waals surface area contributed by atoms with Gasteiger partial charge < -0.3 is 10.4 Å². The molecule has 98 valence electrons. The second kappa shape index (κ2) is 6.75. The number of hydrogen-bond donors (Lipinski definition) is 2. The van der Waals surface area contributed by atoms with Gasteiger partial charge in [-0.1, -0.05) is 18.5 Å². The number of benzene rings is 1. The molecule has 1 atom stereocenters. The minimum absolute atomic E-state index is 0.0298. The topological polar surface area (TPSA) is 66.4 Å². The van der Waals surface area contributed by atoms with Crippen LogP contribution in [0.3, 0.4) is 0 Å². The molecule has 4 nitrogen and oxygen atoms in total. The van der Waals surface area contributed by atoms with Gasteiger partial charge in [-0.2, -0.15) is 0 Å². The van der Waals surface area contributed by atoms with Gasteiger partial charge in [-0.15, -0.1) is 0 Å². The average molecular weight is 335 g/mol. The first kappa shape index (κ1) is 15.0. The summed E-state index contributed by atoms with van der Waals surface area (Å²) >= 11 is 9.04. The molecule has 0 spiro atoms. The molecule has 6 heteroatoms. The summed E-state index contributed by atoms with van der Waals surface area (Å²) in [7, 11) is 0. The Kier molecular flexibility index (Phi) is 5.62. The average Bonchev–Trinajstić information content (AvgIpc) is 2.25. The van der Waals surface area contributed by atoms with Crippen LogP contribution in [0.4, 0.5) is 0 Å². The summed E-state index contributed by atoms with van der Waals surface area (Å²) in [6, 6.07) is 4.88.